The summed E-state index contributed by atoms with van der Waals surface area (Å²) >= 11 is 1.27. The SMILES string of the molecule is CCN(CC)C(=O)C1=C(C)N=c2s/c(=C/c3cn(CC#N)c4ccccc34)c(=O)n2[C@@H]1c1cc(OC)ccc1OC. The molecule has 0 saturated heterocycles. The van der Waals surface area contributed by atoms with Crippen LogP contribution in [0.5, 0.6) is 11.5 Å². The first kappa shape index (κ1) is 27.9. The Morgan fingerprint density at radius 2 is 1.93 bits per heavy atom. The van der Waals surface area contributed by atoms with E-state index in [2.05, 4.69) is 6.07 Å². The summed E-state index contributed by atoms with van der Waals surface area (Å²) in [6.07, 6.45) is 3.72. The zero-order valence-electron chi connectivity index (χ0n) is 23.7. The van der Waals surface area contributed by atoms with E-state index in [1.807, 2.05) is 67.9 Å². The molecule has 2 aromatic heterocycles. The Morgan fingerprint density at radius 1 is 1.17 bits per heavy atom. The van der Waals surface area contributed by atoms with Gasteiger partial charge in [0, 0.05) is 41.3 Å². The Labute approximate surface area is 241 Å². The van der Waals surface area contributed by atoms with Gasteiger partial charge >= 0.3 is 0 Å². The highest BCUT2D eigenvalue weighted by molar-refractivity contribution is 7.07. The average Bonchev–Trinajstić information content (AvgIpc) is 3.49. The van der Waals surface area contributed by atoms with Gasteiger partial charge in [0.2, 0.25) is 0 Å². The summed E-state index contributed by atoms with van der Waals surface area (Å²) in [7, 11) is 3.14. The zero-order chi connectivity index (χ0) is 29.3. The number of thiazole rings is 1. The van der Waals surface area contributed by atoms with Crippen LogP contribution in [0.25, 0.3) is 17.0 Å². The molecule has 210 valence electrons. The van der Waals surface area contributed by atoms with Gasteiger partial charge in [-0.1, -0.05) is 29.5 Å². The summed E-state index contributed by atoms with van der Waals surface area (Å²) in [5, 5.41) is 10.3. The minimum atomic E-state index is -0.772. The molecule has 0 radical (unpaired) electrons. The van der Waals surface area contributed by atoms with Gasteiger partial charge in [-0.3, -0.25) is 14.2 Å². The van der Waals surface area contributed by atoms with E-state index in [0.29, 0.717) is 50.8 Å². The summed E-state index contributed by atoms with van der Waals surface area (Å²) in [4.78, 5) is 35.1. The fourth-order valence-electron chi connectivity index (χ4n) is 5.36. The van der Waals surface area contributed by atoms with E-state index in [1.165, 1.54) is 11.3 Å². The van der Waals surface area contributed by atoms with Crippen LogP contribution < -0.4 is 24.4 Å². The molecule has 5 rings (SSSR count). The van der Waals surface area contributed by atoms with E-state index in [9.17, 15) is 14.9 Å². The topological polar surface area (TPSA) is 102 Å². The van der Waals surface area contributed by atoms with Crippen molar-refractivity contribution < 1.29 is 14.3 Å². The molecule has 10 heteroatoms. The first-order valence-electron chi connectivity index (χ1n) is 13.3. The van der Waals surface area contributed by atoms with Crippen molar-refractivity contribution in [2.45, 2.75) is 33.4 Å². The lowest BCUT2D eigenvalue weighted by Gasteiger charge is -2.30. The second kappa shape index (κ2) is 11.5. The van der Waals surface area contributed by atoms with Gasteiger partial charge in [-0.25, -0.2) is 4.99 Å². The number of hydrogen-bond acceptors (Lipinski definition) is 7. The van der Waals surface area contributed by atoms with Crippen molar-refractivity contribution in [1.82, 2.24) is 14.0 Å². The molecule has 3 heterocycles. The van der Waals surface area contributed by atoms with Gasteiger partial charge in [0.25, 0.3) is 11.5 Å². The van der Waals surface area contributed by atoms with Crippen LogP contribution in [-0.2, 0) is 11.3 Å². The number of amides is 1. The van der Waals surface area contributed by atoms with Gasteiger partial charge in [0.05, 0.1) is 36.1 Å². The van der Waals surface area contributed by atoms with Crippen LogP contribution in [0.4, 0.5) is 0 Å². The molecule has 0 unspecified atom stereocenters. The fraction of sp³-hybridized carbons (Fsp3) is 0.290. The number of likely N-dealkylation sites (N-methyl/N-ethyl adjacent to an activating group) is 1. The molecule has 0 bridgehead atoms. The molecule has 41 heavy (non-hydrogen) atoms. The van der Waals surface area contributed by atoms with Gasteiger partial charge in [0.15, 0.2) is 4.80 Å². The summed E-state index contributed by atoms with van der Waals surface area (Å²) in [6, 6.07) is 14.6. The molecular weight excluding hydrogens is 538 g/mol. The van der Waals surface area contributed by atoms with E-state index < -0.39 is 6.04 Å². The number of carbonyl (C=O) groups excluding carboxylic acids is 1. The number of hydrogen-bond donors (Lipinski definition) is 0. The number of benzene rings is 2. The van der Waals surface area contributed by atoms with Gasteiger partial charge in [-0.2, -0.15) is 5.26 Å². The van der Waals surface area contributed by atoms with Crippen molar-refractivity contribution >= 4 is 34.2 Å². The van der Waals surface area contributed by atoms with Crippen molar-refractivity contribution in [3.63, 3.8) is 0 Å². The molecule has 1 aliphatic heterocycles. The maximum Gasteiger partial charge on any atom is 0.271 e. The smallest absolute Gasteiger partial charge is 0.271 e. The standard InChI is InChI=1S/C31H31N5O4S/c1-6-34(7-2)30(38)27-19(3)33-31-36(28(27)23-17-21(39-4)12-13-25(23)40-5)29(37)26(41-31)16-20-18-35(15-14-32)24-11-9-8-10-22(20)24/h8-13,16-18,28H,6-7,15H2,1-5H3/b26-16+/t28-/m1/s1. The first-order chi connectivity index (χ1) is 19.9. The number of nitrogens with zero attached hydrogens (tertiary/aromatic N) is 5. The maximum atomic E-state index is 14.2. The number of nitriles is 1. The summed E-state index contributed by atoms with van der Waals surface area (Å²) < 4.78 is 15.2. The summed E-state index contributed by atoms with van der Waals surface area (Å²) in [5.41, 5.74) is 3.08. The minimum Gasteiger partial charge on any atom is -0.497 e. The molecule has 0 aliphatic carbocycles. The molecule has 0 saturated carbocycles. The highest BCUT2D eigenvalue weighted by Crippen LogP contribution is 2.38. The number of carbonyl (C=O) groups is 1. The Kier molecular flexibility index (Phi) is 7.81. The number of para-hydroxylation sites is 1. The van der Waals surface area contributed by atoms with Crippen LogP contribution in [0.2, 0.25) is 0 Å². The zero-order valence-corrected chi connectivity index (χ0v) is 24.5. The van der Waals surface area contributed by atoms with E-state index in [1.54, 1.807) is 35.8 Å². The highest BCUT2D eigenvalue weighted by Gasteiger charge is 2.36. The number of methoxy groups -OCH3 is 2. The minimum absolute atomic E-state index is 0.181. The van der Waals surface area contributed by atoms with E-state index in [0.717, 1.165) is 16.5 Å². The molecule has 0 N–H and O–H groups in total. The van der Waals surface area contributed by atoms with Crippen LogP contribution in [0.3, 0.4) is 0 Å². The largest absolute Gasteiger partial charge is 0.497 e. The second-order valence-electron chi connectivity index (χ2n) is 9.55. The van der Waals surface area contributed by atoms with Gasteiger partial charge in [-0.15, -0.1) is 0 Å². The van der Waals surface area contributed by atoms with E-state index in [4.69, 9.17) is 14.5 Å². The van der Waals surface area contributed by atoms with Crippen molar-refractivity contribution in [3.8, 4) is 17.6 Å². The summed E-state index contributed by atoms with van der Waals surface area (Å²) in [6.45, 7) is 6.90. The molecular formula is C31H31N5O4S. The molecule has 9 nitrogen and oxygen atoms in total. The Bertz CT molecular complexity index is 1900. The van der Waals surface area contributed by atoms with E-state index >= 15 is 0 Å². The van der Waals surface area contributed by atoms with Gasteiger partial charge < -0.3 is 18.9 Å². The Balaban J connectivity index is 1.79. The molecule has 1 amide bonds. The first-order valence-corrected chi connectivity index (χ1v) is 14.2. The van der Waals surface area contributed by atoms with Crippen molar-refractivity contribution in [3.05, 3.63) is 90.7 Å². The lowest BCUT2D eigenvalue weighted by Crippen LogP contribution is -2.43. The summed E-state index contributed by atoms with van der Waals surface area (Å²) in [5.74, 6) is 0.932. The van der Waals surface area contributed by atoms with Crippen LogP contribution >= 0.6 is 11.3 Å². The third-order valence-corrected chi connectivity index (χ3v) is 8.36. The quantitative estimate of drug-likeness (QED) is 0.323. The third-order valence-electron chi connectivity index (χ3n) is 7.38. The number of rotatable bonds is 8. The maximum absolute atomic E-state index is 14.2. The van der Waals surface area contributed by atoms with Crippen molar-refractivity contribution in [2.75, 3.05) is 27.3 Å². The highest BCUT2D eigenvalue weighted by atomic mass is 32.1. The molecule has 4 aromatic rings. The van der Waals surface area contributed by atoms with E-state index in [-0.39, 0.29) is 18.0 Å². The number of ether oxygens (including phenoxy) is 2. The van der Waals surface area contributed by atoms with Crippen molar-refractivity contribution in [2.24, 2.45) is 4.99 Å². The van der Waals surface area contributed by atoms with Gasteiger partial charge in [-0.05, 0) is 51.1 Å². The molecule has 2 aromatic carbocycles. The molecule has 1 atom stereocenters. The predicted molar refractivity (Wildman–Crippen MR) is 159 cm³/mol. The molecule has 0 spiro atoms. The normalized spacial score (nSPS) is 14.9. The number of aromatic nitrogens is 2. The third kappa shape index (κ3) is 4.83. The van der Waals surface area contributed by atoms with Crippen LogP contribution in [0, 0.1) is 11.3 Å². The monoisotopic (exact) mass is 569 g/mol. The predicted octanol–water partition coefficient (Wildman–Crippen LogP) is 3.60. The lowest BCUT2D eigenvalue weighted by atomic mass is 9.93. The fourth-order valence-corrected chi connectivity index (χ4v) is 6.40. The molecule has 0 fully saturated rings. The van der Waals surface area contributed by atoms with Gasteiger partial charge in [0.1, 0.15) is 24.1 Å². The number of allylic oxidation sites excluding steroid dienone is 1. The molecule has 1 aliphatic rings. The van der Waals surface area contributed by atoms with Crippen molar-refractivity contribution in [1.29, 1.82) is 5.26 Å². The Hall–Kier alpha value is -4.62. The lowest BCUT2D eigenvalue weighted by molar-refractivity contribution is -0.127. The average molecular weight is 570 g/mol. The number of fused-ring (bicyclic) bond motifs is 2. The second-order valence-corrected chi connectivity index (χ2v) is 10.6. The Morgan fingerprint density at radius 3 is 2.61 bits per heavy atom. The van der Waals surface area contributed by atoms with Crippen LogP contribution in [0.15, 0.2) is 69.7 Å². The van der Waals surface area contributed by atoms with Crippen LogP contribution in [0.1, 0.15) is 37.9 Å². The van der Waals surface area contributed by atoms with Crippen LogP contribution in [-0.4, -0.2) is 47.3 Å².